The van der Waals surface area contributed by atoms with Gasteiger partial charge in [0.1, 0.15) is 11.5 Å². The van der Waals surface area contributed by atoms with E-state index in [0.717, 1.165) is 21.3 Å². The molecule has 0 N–H and O–H groups in total. The van der Waals surface area contributed by atoms with Gasteiger partial charge in [-0.1, -0.05) is 24.3 Å². The summed E-state index contributed by atoms with van der Waals surface area (Å²) in [5, 5.41) is 0. The number of para-hydroxylation sites is 2. The summed E-state index contributed by atoms with van der Waals surface area (Å²) < 4.78 is 11.3. The SMILES string of the molecule is CCOc1ccccc1SSc1ccccc1OCC. The van der Waals surface area contributed by atoms with Gasteiger partial charge < -0.3 is 9.47 Å². The van der Waals surface area contributed by atoms with Crippen molar-refractivity contribution < 1.29 is 9.47 Å². The lowest BCUT2D eigenvalue weighted by Gasteiger charge is -2.11. The highest BCUT2D eigenvalue weighted by Gasteiger charge is 2.07. The molecule has 4 heteroatoms. The van der Waals surface area contributed by atoms with Gasteiger partial charge in [-0.15, -0.1) is 0 Å². The molecule has 0 fully saturated rings. The zero-order valence-electron chi connectivity index (χ0n) is 11.7. The van der Waals surface area contributed by atoms with Gasteiger partial charge in [0.15, 0.2) is 0 Å². The number of rotatable bonds is 7. The average molecular weight is 306 g/mol. The van der Waals surface area contributed by atoms with Crippen LogP contribution >= 0.6 is 21.6 Å². The minimum Gasteiger partial charge on any atom is -0.493 e. The molecule has 0 radical (unpaired) electrons. The van der Waals surface area contributed by atoms with Crippen LogP contribution < -0.4 is 9.47 Å². The van der Waals surface area contributed by atoms with Gasteiger partial charge in [0.05, 0.1) is 23.0 Å². The molecule has 0 aliphatic heterocycles. The van der Waals surface area contributed by atoms with E-state index < -0.39 is 0 Å². The first-order valence-corrected chi connectivity index (χ1v) is 8.78. The van der Waals surface area contributed by atoms with E-state index in [1.807, 2.05) is 50.2 Å². The summed E-state index contributed by atoms with van der Waals surface area (Å²) in [5.41, 5.74) is 0. The van der Waals surface area contributed by atoms with Crippen LogP contribution in [0.15, 0.2) is 58.3 Å². The third-order valence-electron chi connectivity index (χ3n) is 2.52. The monoisotopic (exact) mass is 306 g/mol. The first-order chi connectivity index (χ1) is 9.85. The summed E-state index contributed by atoms with van der Waals surface area (Å²) in [4.78, 5) is 2.26. The Morgan fingerprint density at radius 1 is 0.700 bits per heavy atom. The molecule has 0 amide bonds. The summed E-state index contributed by atoms with van der Waals surface area (Å²) in [5.74, 6) is 1.86. The van der Waals surface area contributed by atoms with Gasteiger partial charge >= 0.3 is 0 Å². The Bertz CT molecular complexity index is 494. The van der Waals surface area contributed by atoms with Crippen molar-refractivity contribution in [3.05, 3.63) is 48.5 Å². The van der Waals surface area contributed by atoms with E-state index >= 15 is 0 Å². The van der Waals surface area contributed by atoms with E-state index in [2.05, 4.69) is 12.1 Å². The van der Waals surface area contributed by atoms with Gasteiger partial charge in [-0.3, -0.25) is 0 Å². The molecule has 0 aromatic heterocycles. The highest BCUT2D eigenvalue weighted by Crippen LogP contribution is 2.44. The standard InChI is InChI=1S/C16H18O2S2/c1-3-17-13-9-5-7-11-15(13)19-20-16-12-8-6-10-14(16)18-4-2/h5-12H,3-4H2,1-2H3. The van der Waals surface area contributed by atoms with E-state index in [0.29, 0.717) is 13.2 Å². The molecule has 0 aliphatic carbocycles. The zero-order chi connectivity index (χ0) is 14.2. The van der Waals surface area contributed by atoms with E-state index in [-0.39, 0.29) is 0 Å². The maximum absolute atomic E-state index is 5.64. The van der Waals surface area contributed by atoms with Crippen molar-refractivity contribution in [1.29, 1.82) is 0 Å². The third-order valence-corrected chi connectivity index (χ3v) is 4.96. The van der Waals surface area contributed by atoms with E-state index in [4.69, 9.17) is 9.47 Å². The quantitative estimate of drug-likeness (QED) is 0.647. The van der Waals surface area contributed by atoms with Crippen LogP contribution in [-0.4, -0.2) is 13.2 Å². The van der Waals surface area contributed by atoms with Crippen LogP contribution in [0.2, 0.25) is 0 Å². The fourth-order valence-electron chi connectivity index (χ4n) is 1.68. The van der Waals surface area contributed by atoms with Crippen LogP contribution in [0.1, 0.15) is 13.8 Å². The fraction of sp³-hybridized carbons (Fsp3) is 0.250. The molecule has 0 aliphatic rings. The lowest BCUT2D eigenvalue weighted by molar-refractivity contribution is 0.332. The molecule has 2 nitrogen and oxygen atoms in total. The summed E-state index contributed by atoms with van der Waals surface area (Å²) in [7, 11) is 3.38. The van der Waals surface area contributed by atoms with Crippen molar-refractivity contribution in [2.45, 2.75) is 23.6 Å². The minimum atomic E-state index is 0.678. The molecule has 0 saturated carbocycles. The molecule has 2 aromatic carbocycles. The summed E-state index contributed by atoms with van der Waals surface area (Å²) in [6, 6.07) is 16.2. The highest BCUT2D eigenvalue weighted by molar-refractivity contribution is 8.76. The summed E-state index contributed by atoms with van der Waals surface area (Å²) >= 11 is 0. The van der Waals surface area contributed by atoms with Gasteiger partial charge in [-0.2, -0.15) is 0 Å². The molecule has 0 atom stereocenters. The summed E-state index contributed by atoms with van der Waals surface area (Å²) in [6.45, 7) is 5.35. The molecule has 0 bridgehead atoms. The van der Waals surface area contributed by atoms with Gasteiger partial charge in [-0.25, -0.2) is 0 Å². The van der Waals surface area contributed by atoms with Crippen LogP contribution in [0.3, 0.4) is 0 Å². The first-order valence-electron chi connectivity index (χ1n) is 6.63. The van der Waals surface area contributed by atoms with Crippen LogP contribution in [0.5, 0.6) is 11.5 Å². The molecule has 2 aromatic rings. The Balaban J connectivity index is 2.09. The molecule has 0 unspecified atom stereocenters. The molecule has 106 valence electrons. The smallest absolute Gasteiger partial charge is 0.133 e. The van der Waals surface area contributed by atoms with Crippen LogP contribution in [0.4, 0.5) is 0 Å². The van der Waals surface area contributed by atoms with E-state index in [1.54, 1.807) is 21.6 Å². The topological polar surface area (TPSA) is 18.5 Å². The molecule has 20 heavy (non-hydrogen) atoms. The van der Waals surface area contributed by atoms with Gasteiger partial charge in [0.25, 0.3) is 0 Å². The van der Waals surface area contributed by atoms with Crippen LogP contribution in [0.25, 0.3) is 0 Å². The van der Waals surface area contributed by atoms with Gasteiger partial charge in [-0.05, 0) is 59.7 Å². The number of hydrogen-bond acceptors (Lipinski definition) is 4. The maximum Gasteiger partial charge on any atom is 0.133 e. The first kappa shape index (κ1) is 15.1. The lowest BCUT2D eigenvalue weighted by atomic mass is 10.3. The van der Waals surface area contributed by atoms with Crippen molar-refractivity contribution in [3.63, 3.8) is 0 Å². The molecular formula is C16H18O2S2. The molecule has 0 spiro atoms. The second-order valence-electron chi connectivity index (χ2n) is 3.93. The van der Waals surface area contributed by atoms with Crippen molar-refractivity contribution in [2.75, 3.05) is 13.2 Å². The normalized spacial score (nSPS) is 10.3. The predicted molar refractivity (Wildman–Crippen MR) is 86.9 cm³/mol. The van der Waals surface area contributed by atoms with E-state index in [9.17, 15) is 0 Å². The minimum absolute atomic E-state index is 0.678. The van der Waals surface area contributed by atoms with Crippen molar-refractivity contribution in [1.82, 2.24) is 0 Å². The Labute approximate surface area is 128 Å². The van der Waals surface area contributed by atoms with Crippen LogP contribution in [0, 0.1) is 0 Å². The summed E-state index contributed by atoms with van der Waals surface area (Å²) in [6.07, 6.45) is 0. The maximum atomic E-state index is 5.64. The Hall–Kier alpha value is -1.26. The van der Waals surface area contributed by atoms with Crippen LogP contribution in [-0.2, 0) is 0 Å². The zero-order valence-corrected chi connectivity index (χ0v) is 13.3. The van der Waals surface area contributed by atoms with Gasteiger partial charge in [0.2, 0.25) is 0 Å². The fourth-order valence-corrected chi connectivity index (χ4v) is 3.91. The Morgan fingerprint density at radius 3 is 1.50 bits per heavy atom. The average Bonchev–Trinajstić information content (AvgIpc) is 2.48. The predicted octanol–water partition coefficient (Wildman–Crippen LogP) is 5.28. The number of benzene rings is 2. The van der Waals surface area contributed by atoms with Crippen molar-refractivity contribution >= 4 is 21.6 Å². The molecular weight excluding hydrogens is 288 g/mol. The second kappa shape index (κ2) is 8.12. The molecule has 0 saturated heterocycles. The number of hydrogen-bond donors (Lipinski definition) is 0. The lowest BCUT2D eigenvalue weighted by Crippen LogP contribution is -1.93. The largest absolute Gasteiger partial charge is 0.493 e. The van der Waals surface area contributed by atoms with E-state index in [1.165, 1.54) is 0 Å². The van der Waals surface area contributed by atoms with Crippen molar-refractivity contribution in [2.24, 2.45) is 0 Å². The molecule has 2 rings (SSSR count). The Morgan fingerprint density at radius 2 is 1.10 bits per heavy atom. The third kappa shape index (κ3) is 4.12. The van der Waals surface area contributed by atoms with Gasteiger partial charge in [0, 0.05) is 0 Å². The Kier molecular flexibility index (Phi) is 6.15. The number of ether oxygens (including phenoxy) is 2. The van der Waals surface area contributed by atoms with Crippen molar-refractivity contribution in [3.8, 4) is 11.5 Å². The highest BCUT2D eigenvalue weighted by atomic mass is 33.1. The molecule has 0 heterocycles. The second-order valence-corrected chi connectivity index (χ2v) is 6.14.